The molecule has 0 aliphatic carbocycles. The maximum atomic E-state index is 11.2. The fourth-order valence-electron chi connectivity index (χ4n) is 1.10. The molecule has 0 saturated carbocycles. The van der Waals surface area contributed by atoms with Crippen LogP contribution in [0.1, 0.15) is 5.56 Å². The lowest BCUT2D eigenvalue weighted by molar-refractivity contribution is 0.596. The summed E-state index contributed by atoms with van der Waals surface area (Å²) in [6.07, 6.45) is 0.638. The number of sulfonamides is 1. The van der Waals surface area contributed by atoms with Gasteiger partial charge in [-0.05, 0) is 24.1 Å². The molecule has 0 aliphatic heterocycles. The Morgan fingerprint density at radius 1 is 1.36 bits per heavy atom. The molecule has 0 aromatic heterocycles. The molecule has 0 spiro atoms. The van der Waals surface area contributed by atoms with Crippen molar-refractivity contribution >= 4 is 41.9 Å². The molecule has 3 nitrogen and oxygen atoms in total. The second-order valence-corrected chi connectivity index (χ2v) is 5.97. The fraction of sp³-hybridized carbons (Fsp3) is 0.250. The fourth-order valence-corrected chi connectivity index (χ4v) is 2.87. The van der Waals surface area contributed by atoms with E-state index in [2.05, 4.69) is 31.9 Å². The van der Waals surface area contributed by atoms with Crippen LogP contribution in [0, 0.1) is 0 Å². The van der Waals surface area contributed by atoms with E-state index >= 15 is 0 Å². The van der Waals surface area contributed by atoms with Crippen LogP contribution < -0.4 is 5.14 Å². The van der Waals surface area contributed by atoms with Crippen molar-refractivity contribution in [2.75, 3.05) is 5.33 Å². The van der Waals surface area contributed by atoms with Gasteiger partial charge in [0.1, 0.15) is 0 Å². The van der Waals surface area contributed by atoms with Crippen molar-refractivity contribution in [1.82, 2.24) is 0 Å². The molecule has 0 unspecified atom stereocenters. The Balaban J connectivity index is 3.30. The van der Waals surface area contributed by atoms with Gasteiger partial charge in [0.25, 0.3) is 0 Å². The summed E-state index contributed by atoms with van der Waals surface area (Å²) >= 11 is 6.47. The van der Waals surface area contributed by atoms with E-state index in [0.29, 0.717) is 16.2 Å². The maximum Gasteiger partial charge on any atom is 0.238 e. The Bertz CT molecular complexity index is 431. The second kappa shape index (κ2) is 4.74. The highest BCUT2D eigenvalue weighted by atomic mass is 79.9. The van der Waals surface area contributed by atoms with Crippen LogP contribution in [0.2, 0.25) is 0 Å². The van der Waals surface area contributed by atoms with Crippen LogP contribution in [-0.2, 0) is 16.4 Å². The van der Waals surface area contributed by atoms with E-state index in [1.165, 1.54) is 6.07 Å². The van der Waals surface area contributed by atoms with Crippen LogP contribution in [0.5, 0.6) is 0 Å². The van der Waals surface area contributed by atoms with E-state index in [1.807, 2.05) is 0 Å². The second-order valence-electron chi connectivity index (χ2n) is 2.74. The SMILES string of the molecule is NS(=O)(=O)c1cc(Br)ccc1CCBr. The molecule has 0 aliphatic rings. The Morgan fingerprint density at radius 3 is 2.50 bits per heavy atom. The maximum absolute atomic E-state index is 11.2. The molecular weight excluding hydrogens is 334 g/mol. The molecule has 0 heterocycles. The summed E-state index contributed by atoms with van der Waals surface area (Å²) < 4.78 is 23.2. The molecule has 2 N–H and O–H groups in total. The number of hydrogen-bond acceptors (Lipinski definition) is 2. The summed E-state index contributed by atoms with van der Waals surface area (Å²) in [5, 5.41) is 5.80. The molecule has 0 saturated heterocycles. The zero-order valence-corrected chi connectivity index (χ0v) is 11.2. The summed E-state index contributed by atoms with van der Waals surface area (Å²) in [7, 11) is -3.63. The van der Waals surface area contributed by atoms with Gasteiger partial charge >= 0.3 is 0 Å². The highest BCUT2D eigenvalue weighted by molar-refractivity contribution is 9.10. The Hall–Kier alpha value is 0.0900. The zero-order chi connectivity index (χ0) is 10.8. The van der Waals surface area contributed by atoms with Crippen LogP contribution >= 0.6 is 31.9 Å². The Morgan fingerprint density at radius 2 is 2.00 bits per heavy atom. The molecule has 1 aromatic carbocycles. The minimum atomic E-state index is -3.63. The summed E-state index contributed by atoms with van der Waals surface area (Å²) in [5.74, 6) is 0. The average Bonchev–Trinajstić information content (AvgIpc) is 2.07. The molecular formula is C8H9Br2NO2S. The lowest BCUT2D eigenvalue weighted by Crippen LogP contribution is -2.14. The van der Waals surface area contributed by atoms with Gasteiger partial charge in [-0.2, -0.15) is 0 Å². The predicted octanol–water partition coefficient (Wildman–Crippen LogP) is 2.03. The van der Waals surface area contributed by atoms with Gasteiger partial charge in [0, 0.05) is 9.80 Å². The topological polar surface area (TPSA) is 60.2 Å². The standard InChI is InChI=1S/C8H9Br2NO2S/c9-4-3-6-1-2-7(10)5-8(6)14(11,12)13/h1-2,5H,3-4H2,(H2,11,12,13). The summed E-state index contributed by atoms with van der Waals surface area (Å²) in [4.78, 5) is 0.186. The number of aryl methyl sites for hydroxylation is 1. The van der Waals surface area contributed by atoms with Crippen molar-refractivity contribution in [2.24, 2.45) is 5.14 Å². The van der Waals surface area contributed by atoms with Crippen molar-refractivity contribution < 1.29 is 8.42 Å². The largest absolute Gasteiger partial charge is 0.238 e. The number of hydrogen-bond donors (Lipinski definition) is 1. The highest BCUT2D eigenvalue weighted by Gasteiger charge is 2.13. The van der Waals surface area contributed by atoms with E-state index in [1.54, 1.807) is 12.1 Å². The molecule has 1 rings (SSSR count). The highest BCUT2D eigenvalue weighted by Crippen LogP contribution is 2.20. The molecule has 0 atom stereocenters. The third kappa shape index (κ3) is 3.05. The first-order valence-corrected chi connectivity index (χ1v) is 7.28. The van der Waals surface area contributed by atoms with Gasteiger partial charge in [0.2, 0.25) is 10.0 Å². The van der Waals surface area contributed by atoms with Crippen LogP contribution in [0.15, 0.2) is 27.6 Å². The molecule has 1 aromatic rings. The van der Waals surface area contributed by atoms with Gasteiger partial charge in [-0.15, -0.1) is 0 Å². The van der Waals surface area contributed by atoms with Crippen LogP contribution in [0.25, 0.3) is 0 Å². The average molecular weight is 343 g/mol. The molecule has 78 valence electrons. The smallest absolute Gasteiger partial charge is 0.225 e. The molecule has 0 amide bonds. The number of halogens is 2. The van der Waals surface area contributed by atoms with Crippen molar-refractivity contribution in [1.29, 1.82) is 0 Å². The molecule has 0 bridgehead atoms. The van der Waals surface area contributed by atoms with Crippen LogP contribution in [0.4, 0.5) is 0 Å². The van der Waals surface area contributed by atoms with Crippen molar-refractivity contribution in [3.05, 3.63) is 28.2 Å². The number of benzene rings is 1. The number of primary sulfonamides is 1. The first-order chi connectivity index (χ1) is 6.45. The zero-order valence-electron chi connectivity index (χ0n) is 7.20. The summed E-state index contributed by atoms with van der Waals surface area (Å²) in [6, 6.07) is 5.07. The molecule has 0 fully saturated rings. The lowest BCUT2D eigenvalue weighted by Gasteiger charge is -2.06. The van der Waals surface area contributed by atoms with E-state index in [0.717, 1.165) is 5.56 Å². The first kappa shape index (κ1) is 12.2. The van der Waals surface area contributed by atoms with Crippen LogP contribution in [-0.4, -0.2) is 13.7 Å². The van der Waals surface area contributed by atoms with Gasteiger partial charge in [0.05, 0.1) is 4.90 Å². The monoisotopic (exact) mass is 341 g/mol. The lowest BCUT2D eigenvalue weighted by atomic mass is 10.2. The van der Waals surface area contributed by atoms with Gasteiger partial charge < -0.3 is 0 Å². The quantitative estimate of drug-likeness (QED) is 0.854. The van der Waals surface area contributed by atoms with Gasteiger partial charge in [-0.3, -0.25) is 0 Å². The Kier molecular flexibility index (Phi) is 4.12. The summed E-state index contributed by atoms with van der Waals surface area (Å²) in [6.45, 7) is 0. The van der Waals surface area contributed by atoms with Gasteiger partial charge in [0.15, 0.2) is 0 Å². The summed E-state index contributed by atoms with van der Waals surface area (Å²) in [5.41, 5.74) is 0.729. The van der Waals surface area contributed by atoms with Crippen LogP contribution in [0.3, 0.4) is 0 Å². The number of alkyl halides is 1. The normalized spacial score (nSPS) is 11.6. The van der Waals surface area contributed by atoms with Gasteiger partial charge in [-0.1, -0.05) is 37.9 Å². The molecule has 6 heteroatoms. The van der Waals surface area contributed by atoms with E-state index in [9.17, 15) is 8.42 Å². The van der Waals surface area contributed by atoms with Crippen molar-refractivity contribution in [2.45, 2.75) is 11.3 Å². The number of nitrogens with two attached hydrogens (primary N) is 1. The number of rotatable bonds is 3. The van der Waals surface area contributed by atoms with Crippen molar-refractivity contribution in [3.8, 4) is 0 Å². The van der Waals surface area contributed by atoms with E-state index in [4.69, 9.17) is 5.14 Å². The minimum Gasteiger partial charge on any atom is -0.225 e. The van der Waals surface area contributed by atoms with Crippen molar-refractivity contribution in [3.63, 3.8) is 0 Å². The van der Waals surface area contributed by atoms with E-state index in [-0.39, 0.29) is 4.90 Å². The molecule has 0 radical (unpaired) electrons. The first-order valence-electron chi connectivity index (χ1n) is 3.82. The Labute approximate surface area is 100.0 Å². The van der Waals surface area contributed by atoms with E-state index < -0.39 is 10.0 Å². The predicted molar refractivity (Wildman–Crippen MR) is 63.0 cm³/mol. The third-order valence-corrected chi connectivity index (χ3v) is 3.58. The van der Waals surface area contributed by atoms with Gasteiger partial charge in [-0.25, -0.2) is 13.6 Å². The third-order valence-electron chi connectivity index (χ3n) is 1.70. The minimum absolute atomic E-state index is 0.186. The molecule has 14 heavy (non-hydrogen) atoms.